The second-order valence-corrected chi connectivity index (χ2v) is 9.64. The second kappa shape index (κ2) is 7.07. The number of hydrogen-bond donors (Lipinski definition) is 1. The number of hydrogen-bond acceptors (Lipinski definition) is 5. The van der Waals surface area contributed by atoms with Crippen molar-refractivity contribution in [3.05, 3.63) is 17.0 Å². The van der Waals surface area contributed by atoms with Gasteiger partial charge in [0.05, 0.1) is 23.7 Å². The summed E-state index contributed by atoms with van der Waals surface area (Å²) in [6.45, 7) is 5.83. The first-order valence-corrected chi connectivity index (χ1v) is 10.8. The van der Waals surface area contributed by atoms with Crippen molar-refractivity contribution >= 4 is 15.7 Å². The number of aryl methyl sites for hydroxylation is 2. The smallest absolute Gasteiger partial charge is 0.234 e. The largest absolute Gasteiger partial charge is 0.355 e. The molecular weight excluding hydrogens is 340 g/mol. The van der Waals surface area contributed by atoms with Gasteiger partial charge in [0.15, 0.2) is 9.84 Å². The lowest BCUT2D eigenvalue weighted by atomic mass is 10.0. The van der Waals surface area contributed by atoms with Crippen LogP contribution in [0.3, 0.4) is 0 Å². The van der Waals surface area contributed by atoms with Gasteiger partial charge in [-0.25, -0.2) is 8.42 Å². The summed E-state index contributed by atoms with van der Waals surface area (Å²) in [5.74, 6) is 0.496. The first-order valence-electron chi connectivity index (χ1n) is 8.98. The fourth-order valence-corrected chi connectivity index (χ4v) is 6.01. The lowest BCUT2D eigenvalue weighted by Gasteiger charge is -2.24. The van der Waals surface area contributed by atoms with Crippen LogP contribution in [0.1, 0.15) is 42.3 Å². The van der Waals surface area contributed by atoms with E-state index in [2.05, 4.69) is 22.2 Å². The summed E-state index contributed by atoms with van der Waals surface area (Å²) in [7, 11) is -0.937. The van der Waals surface area contributed by atoms with E-state index >= 15 is 0 Å². The highest BCUT2D eigenvalue weighted by atomic mass is 32.2. The fraction of sp³-hybridized carbons (Fsp3) is 0.765. The van der Waals surface area contributed by atoms with Gasteiger partial charge in [0.2, 0.25) is 5.91 Å². The highest BCUT2D eigenvalue weighted by molar-refractivity contribution is 7.91. The average Bonchev–Trinajstić information content (AvgIpc) is 3.17. The van der Waals surface area contributed by atoms with Crippen LogP contribution in [0.25, 0.3) is 0 Å². The third kappa shape index (κ3) is 4.06. The number of rotatable bonds is 5. The molecule has 2 fully saturated rings. The maximum Gasteiger partial charge on any atom is 0.234 e. The van der Waals surface area contributed by atoms with E-state index in [-0.39, 0.29) is 29.4 Å². The monoisotopic (exact) mass is 368 g/mol. The van der Waals surface area contributed by atoms with Gasteiger partial charge in [-0.15, -0.1) is 0 Å². The van der Waals surface area contributed by atoms with E-state index in [4.69, 9.17) is 0 Å². The number of carbonyl (C=O) groups excluding carboxylic acids is 1. The SMILES string of the molecule is Cc1nn(C)c(C)c1C1CCCN1CC(=O)NCC1CCS(=O)(=O)C1. The molecule has 3 heterocycles. The van der Waals surface area contributed by atoms with Crippen molar-refractivity contribution < 1.29 is 13.2 Å². The van der Waals surface area contributed by atoms with Crippen molar-refractivity contribution in [3.8, 4) is 0 Å². The molecular formula is C17H28N4O3S. The molecule has 1 aromatic rings. The van der Waals surface area contributed by atoms with Crippen molar-refractivity contribution in [2.45, 2.75) is 39.2 Å². The molecule has 1 aromatic heterocycles. The van der Waals surface area contributed by atoms with Crippen LogP contribution >= 0.6 is 0 Å². The van der Waals surface area contributed by atoms with Gasteiger partial charge < -0.3 is 5.32 Å². The van der Waals surface area contributed by atoms with E-state index in [9.17, 15) is 13.2 Å². The Balaban J connectivity index is 1.57. The number of carbonyl (C=O) groups is 1. The minimum absolute atomic E-state index is 0.0182. The van der Waals surface area contributed by atoms with Gasteiger partial charge in [0, 0.05) is 30.9 Å². The van der Waals surface area contributed by atoms with E-state index in [0.717, 1.165) is 30.8 Å². The van der Waals surface area contributed by atoms with Crippen molar-refractivity contribution in [2.75, 3.05) is 31.1 Å². The van der Waals surface area contributed by atoms with Crippen LogP contribution in [0.5, 0.6) is 0 Å². The molecule has 3 rings (SSSR count). The molecule has 7 nitrogen and oxygen atoms in total. The van der Waals surface area contributed by atoms with E-state index < -0.39 is 9.84 Å². The third-order valence-electron chi connectivity index (χ3n) is 5.52. The predicted molar refractivity (Wildman–Crippen MR) is 96.0 cm³/mol. The molecule has 25 heavy (non-hydrogen) atoms. The number of amides is 1. The van der Waals surface area contributed by atoms with Crippen LogP contribution < -0.4 is 5.32 Å². The van der Waals surface area contributed by atoms with Crippen molar-refractivity contribution in [1.82, 2.24) is 20.0 Å². The summed E-state index contributed by atoms with van der Waals surface area (Å²) in [6, 6.07) is 0.242. The zero-order chi connectivity index (χ0) is 18.2. The number of nitrogens with zero attached hydrogens (tertiary/aromatic N) is 3. The summed E-state index contributed by atoms with van der Waals surface area (Å²) in [6.07, 6.45) is 2.77. The first-order chi connectivity index (χ1) is 11.8. The molecule has 2 saturated heterocycles. The quantitative estimate of drug-likeness (QED) is 0.828. The van der Waals surface area contributed by atoms with Crippen LogP contribution in [0.4, 0.5) is 0 Å². The Kier molecular flexibility index (Phi) is 5.20. The molecule has 0 spiro atoms. The summed E-state index contributed by atoms with van der Waals surface area (Å²) >= 11 is 0. The zero-order valence-corrected chi connectivity index (χ0v) is 16.1. The molecule has 0 bridgehead atoms. The van der Waals surface area contributed by atoms with Crippen LogP contribution in [0, 0.1) is 19.8 Å². The first kappa shape index (κ1) is 18.4. The topological polar surface area (TPSA) is 84.3 Å². The molecule has 1 amide bonds. The molecule has 0 aliphatic carbocycles. The fourth-order valence-electron chi connectivity index (χ4n) is 4.15. The number of sulfone groups is 1. The maximum absolute atomic E-state index is 12.3. The van der Waals surface area contributed by atoms with Gasteiger partial charge in [-0.2, -0.15) is 5.10 Å². The van der Waals surface area contributed by atoms with Gasteiger partial charge in [-0.05, 0) is 45.6 Å². The number of likely N-dealkylation sites (tertiary alicyclic amines) is 1. The molecule has 0 aromatic carbocycles. The predicted octanol–water partition coefficient (Wildman–Crippen LogP) is 0.725. The molecule has 0 radical (unpaired) electrons. The van der Waals surface area contributed by atoms with E-state index in [1.807, 2.05) is 18.7 Å². The summed E-state index contributed by atoms with van der Waals surface area (Å²) in [5.41, 5.74) is 3.44. The van der Waals surface area contributed by atoms with Crippen LogP contribution in [-0.4, -0.2) is 60.1 Å². The normalized spacial score (nSPS) is 26.2. The van der Waals surface area contributed by atoms with E-state index in [0.29, 0.717) is 19.5 Å². The van der Waals surface area contributed by atoms with Gasteiger partial charge in [0.1, 0.15) is 0 Å². The van der Waals surface area contributed by atoms with E-state index in [1.54, 1.807) is 0 Å². The molecule has 8 heteroatoms. The summed E-state index contributed by atoms with van der Waals surface area (Å²) in [5, 5.41) is 7.43. The van der Waals surface area contributed by atoms with Gasteiger partial charge in [0.25, 0.3) is 0 Å². The van der Waals surface area contributed by atoms with E-state index in [1.165, 1.54) is 5.56 Å². The average molecular weight is 369 g/mol. The minimum atomic E-state index is -2.89. The Hall–Kier alpha value is -1.41. The summed E-state index contributed by atoms with van der Waals surface area (Å²) < 4.78 is 24.9. The Labute approximate surface area is 149 Å². The molecule has 140 valence electrons. The highest BCUT2D eigenvalue weighted by Crippen LogP contribution is 2.35. The lowest BCUT2D eigenvalue weighted by molar-refractivity contribution is -0.122. The van der Waals surface area contributed by atoms with Gasteiger partial charge >= 0.3 is 0 Å². The number of nitrogens with one attached hydrogen (secondary N) is 1. The Morgan fingerprint density at radius 2 is 2.08 bits per heavy atom. The van der Waals surface area contributed by atoms with Crippen LogP contribution in [0.2, 0.25) is 0 Å². The molecule has 1 N–H and O–H groups in total. The van der Waals surface area contributed by atoms with Crippen molar-refractivity contribution in [2.24, 2.45) is 13.0 Å². The zero-order valence-electron chi connectivity index (χ0n) is 15.3. The van der Waals surface area contributed by atoms with Gasteiger partial charge in [-0.3, -0.25) is 14.4 Å². The summed E-state index contributed by atoms with van der Waals surface area (Å²) in [4.78, 5) is 14.6. The van der Waals surface area contributed by atoms with Crippen molar-refractivity contribution in [3.63, 3.8) is 0 Å². The van der Waals surface area contributed by atoms with Crippen LogP contribution in [0.15, 0.2) is 0 Å². The van der Waals surface area contributed by atoms with Crippen LogP contribution in [-0.2, 0) is 21.7 Å². The molecule has 2 aliphatic rings. The maximum atomic E-state index is 12.3. The van der Waals surface area contributed by atoms with Gasteiger partial charge in [-0.1, -0.05) is 0 Å². The molecule has 2 aliphatic heterocycles. The minimum Gasteiger partial charge on any atom is -0.355 e. The molecule has 0 saturated carbocycles. The number of aromatic nitrogens is 2. The Morgan fingerprint density at radius 3 is 2.68 bits per heavy atom. The second-order valence-electron chi connectivity index (χ2n) is 7.41. The molecule has 2 unspecified atom stereocenters. The highest BCUT2D eigenvalue weighted by Gasteiger charge is 2.32. The lowest BCUT2D eigenvalue weighted by Crippen LogP contribution is -2.39. The Bertz CT molecular complexity index is 756. The molecule has 2 atom stereocenters. The Morgan fingerprint density at radius 1 is 1.32 bits per heavy atom. The third-order valence-corrected chi connectivity index (χ3v) is 7.36. The van der Waals surface area contributed by atoms with Crippen molar-refractivity contribution in [1.29, 1.82) is 0 Å². The standard InChI is InChI=1S/C17H28N4O3S/c1-12-17(13(2)20(3)19-12)15-5-4-7-21(15)10-16(22)18-9-14-6-8-25(23,24)11-14/h14-15H,4-11H2,1-3H3,(H,18,22).